The van der Waals surface area contributed by atoms with Crippen LogP contribution in [0.5, 0.6) is 11.5 Å². The van der Waals surface area contributed by atoms with Crippen molar-refractivity contribution in [1.82, 2.24) is 4.72 Å². The normalized spacial score (nSPS) is 12.0. The van der Waals surface area contributed by atoms with Gasteiger partial charge in [-0.05, 0) is 72.6 Å². The largest absolute Gasteiger partial charge is 0.457 e. The van der Waals surface area contributed by atoms with E-state index in [0.29, 0.717) is 22.2 Å². The molecule has 8 heteroatoms. The molecule has 2 N–H and O–H groups in total. The molecule has 0 aliphatic rings. The average Bonchev–Trinajstić information content (AvgIpc) is 2.86. The number of halogens is 1. The van der Waals surface area contributed by atoms with E-state index in [4.69, 9.17) is 16.3 Å². The molecule has 0 aliphatic heterocycles. The van der Waals surface area contributed by atoms with E-state index >= 15 is 0 Å². The van der Waals surface area contributed by atoms with Crippen LogP contribution in [0.3, 0.4) is 0 Å². The monoisotopic (exact) mass is 506 g/mol. The number of hydrogen-bond acceptors (Lipinski definition) is 4. The maximum atomic E-state index is 13.2. The number of carbonyl (C=O) groups is 1. The fourth-order valence-corrected chi connectivity index (χ4v) is 4.69. The maximum absolute atomic E-state index is 13.2. The number of sulfonamides is 1. The number of nitrogens with one attached hydrogen (secondary N) is 2. The summed E-state index contributed by atoms with van der Waals surface area (Å²) in [5.74, 6) is 0.824. The van der Waals surface area contributed by atoms with Gasteiger partial charge >= 0.3 is 0 Å². The minimum atomic E-state index is -3.96. The van der Waals surface area contributed by atoms with E-state index in [2.05, 4.69) is 10.0 Å². The Morgan fingerprint density at radius 2 is 1.34 bits per heavy atom. The molecular weight excluding hydrogens is 484 g/mol. The first kappa shape index (κ1) is 24.5. The zero-order valence-corrected chi connectivity index (χ0v) is 20.2. The summed E-state index contributed by atoms with van der Waals surface area (Å²) in [4.78, 5) is 13.2. The fourth-order valence-electron chi connectivity index (χ4n) is 3.37. The van der Waals surface area contributed by atoms with Crippen molar-refractivity contribution in [3.05, 3.63) is 120 Å². The van der Waals surface area contributed by atoms with Crippen LogP contribution in [0.15, 0.2) is 114 Å². The van der Waals surface area contributed by atoms with Crippen LogP contribution >= 0.6 is 11.6 Å². The van der Waals surface area contributed by atoms with Crippen LogP contribution < -0.4 is 14.8 Å². The Bertz CT molecular complexity index is 1360. The van der Waals surface area contributed by atoms with Crippen molar-refractivity contribution >= 4 is 33.2 Å². The molecule has 4 rings (SSSR count). The van der Waals surface area contributed by atoms with Gasteiger partial charge in [0.15, 0.2) is 0 Å². The highest BCUT2D eigenvalue weighted by Crippen LogP contribution is 2.23. The number of ether oxygens (including phenoxy) is 1. The van der Waals surface area contributed by atoms with Crippen molar-refractivity contribution in [2.75, 3.05) is 5.32 Å². The van der Waals surface area contributed by atoms with Crippen LogP contribution in [0.25, 0.3) is 0 Å². The first-order chi connectivity index (χ1) is 16.9. The van der Waals surface area contributed by atoms with Crippen molar-refractivity contribution in [3.8, 4) is 11.5 Å². The van der Waals surface area contributed by atoms with Gasteiger partial charge in [0, 0.05) is 10.7 Å². The summed E-state index contributed by atoms with van der Waals surface area (Å²) >= 11 is 5.88. The molecule has 6 nitrogen and oxygen atoms in total. The van der Waals surface area contributed by atoms with Gasteiger partial charge in [0.1, 0.15) is 17.5 Å². The van der Waals surface area contributed by atoms with E-state index in [0.717, 1.165) is 5.56 Å². The molecule has 4 aromatic rings. The lowest BCUT2D eigenvalue weighted by atomic mass is 10.1. The second kappa shape index (κ2) is 11.2. The summed E-state index contributed by atoms with van der Waals surface area (Å²) < 4.78 is 34.2. The Morgan fingerprint density at radius 3 is 1.97 bits per heavy atom. The summed E-state index contributed by atoms with van der Waals surface area (Å²) in [6.45, 7) is 0. The smallest absolute Gasteiger partial charge is 0.242 e. The van der Waals surface area contributed by atoms with Gasteiger partial charge in [-0.2, -0.15) is 4.72 Å². The third-order valence-corrected chi connectivity index (χ3v) is 6.86. The van der Waals surface area contributed by atoms with Crippen molar-refractivity contribution in [2.45, 2.75) is 17.4 Å². The average molecular weight is 507 g/mol. The minimum Gasteiger partial charge on any atom is -0.457 e. The first-order valence-corrected chi connectivity index (χ1v) is 12.7. The quantitative estimate of drug-likeness (QED) is 0.307. The number of amides is 1. The maximum Gasteiger partial charge on any atom is 0.242 e. The lowest BCUT2D eigenvalue weighted by molar-refractivity contribution is -0.117. The molecule has 0 radical (unpaired) electrons. The molecule has 0 heterocycles. The highest BCUT2D eigenvalue weighted by molar-refractivity contribution is 7.89. The molecule has 0 aliphatic carbocycles. The molecule has 178 valence electrons. The Kier molecular flexibility index (Phi) is 7.82. The number of rotatable bonds is 9. The molecule has 35 heavy (non-hydrogen) atoms. The van der Waals surface area contributed by atoms with E-state index in [-0.39, 0.29) is 11.3 Å². The van der Waals surface area contributed by atoms with Gasteiger partial charge in [-0.1, -0.05) is 60.1 Å². The van der Waals surface area contributed by atoms with E-state index in [9.17, 15) is 13.2 Å². The van der Waals surface area contributed by atoms with E-state index in [1.54, 1.807) is 24.3 Å². The zero-order chi connectivity index (χ0) is 24.7. The Hall–Kier alpha value is -3.65. The molecular formula is C27H23ClN2O4S. The Morgan fingerprint density at radius 1 is 0.771 bits per heavy atom. The molecule has 0 bridgehead atoms. The number of benzene rings is 4. The summed E-state index contributed by atoms with van der Waals surface area (Å²) in [6, 6.07) is 30.1. The second-order valence-electron chi connectivity index (χ2n) is 7.75. The zero-order valence-electron chi connectivity index (χ0n) is 18.6. The van der Waals surface area contributed by atoms with Crippen LogP contribution in [0.2, 0.25) is 5.02 Å². The Labute approximate surface area is 209 Å². The molecule has 4 aromatic carbocycles. The van der Waals surface area contributed by atoms with Crippen molar-refractivity contribution < 1.29 is 17.9 Å². The van der Waals surface area contributed by atoms with Crippen LogP contribution in [-0.2, 0) is 21.2 Å². The first-order valence-electron chi connectivity index (χ1n) is 10.8. The van der Waals surface area contributed by atoms with Crippen molar-refractivity contribution in [1.29, 1.82) is 0 Å². The molecule has 1 atom stereocenters. The van der Waals surface area contributed by atoms with Crippen LogP contribution in [-0.4, -0.2) is 20.4 Å². The number of carbonyl (C=O) groups excluding carboxylic acids is 1. The molecule has 1 amide bonds. The predicted molar refractivity (Wildman–Crippen MR) is 137 cm³/mol. The molecule has 0 fully saturated rings. The topological polar surface area (TPSA) is 84.5 Å². The van der Waals surface area contributed by atoms with Crippen LogP contribution in [0.1, 0.15) is 5.56 Å². The number of para-hydroxylation sites is 1. The van der Waals surface area contributed by atoms with Crippen LogP contribution in [0, 0.1) is 0 Å². The van der Waals surface area contributed by atoms with E-state index < -0.39 is 22.0 Å². The molecule has 0 saturated heterocycles. The van der Waals surface area contributed by atoms with Gasteiger partial charge in [-0.25, -0.2) is 8.42 Å². The third-order valence-electron chi connectivity index (χ3n) is 5.12. The third kappa shape index (κ3) is 6.93. The highest BCUT2D eigenvalue weighted by atomic mass is 35.5. The highest BCUT2D eigenvalue weighted by Gasteiger charge is 2.26. The van der Waals surface area contributed by atoms with Gasteiger partial charge < -0.3 is 10.1 Å². The van der Waals surface area contributed by atoms with Crippen molar-refractivity contribution in [3.63, 3.8) is 0 Å². The summed E-state index contributed by atoms with van der Waals surface area (Å²) in [5.41, 5.74) is 1.33. The SMILES string of the molecule is O=C(Nc1ccc(Oc2ccccc2)cc1)[C@@H](Cc1ccccc1)NS(=O)(=O)c1ccc(Cl)cc1. The molecule has 0 aromatic heterocycles. The van der Waals surface area contributed by atoms with Gasteiger partial charge in [0.2, 0.25) is 15.9 Å². The predicted octanol–water partition coefficient (Wildman–Crippen LogP) is 5.66. The van der Waals surface area contributed by atoms with Gasteiger partial charge in [-0.3, -0.25) is 4.79 Å². The van der Waals surface area contributed by atoms with Crippen molar-refractivity contribution in [2.24, 2.45) is 0 Å². The molecule has 0 spiro atoms. The van der Waals surface area contributed by atoms with E-state index in [1.807, 2.05) is 60.7 Å². The second-order valence-corrected chi connectivity index (χ2v) is 9.90. The van der Waals surface area contributed by atoms with Gasteiger partial charge in [0.05, 0.1) is 4.90 Å². The molecule has 0 unspecified atom stereocenters. The lowest BCUT2D eigenvalue weighted by Crippen LogP contribution is -2.45. The summed E-state index contributed by atoms with van der Waals surface area (Å²) in [6.07, 6.45) is 0.175. The summed E-state index contributed by atoms with van der Waals surface area (Å²) in [7, 11) is -3.96. The Balaban J connectivity index is 1.50. The molecule has 0 saturated carbocycles. The van der Waals surface area contributed by atoms with Gasteiger partial charge in [-0.15, -0.1) is 0 Å². The standard InChI is InChI=1S/C27H23ClN2O4S/c28-21-11-17-25(18-12-21)35(32,33)30-26(19-20-7-3-1-4-8-20)27(31)29-22-13-15-24(16-14-22)34-23-9-5-2-6-10-23/h1-18,26,30H,19H2,(H,29,31)/t26-/m1/s1. The fraction of sp³-hybridized carbons (Fsp3) is 0.0741. The van der Waals surface area contributed by atoms with Crippen LogP contribution in [0.4, 0.5) is 5.69 Å². The lowest BCUT2D eigenvalue weighted by Gasteiger charge is -2.19. The minimum absolute atomic E-state index is 0.0233. The van der Waals surface area contributed by atoms with E-state index in [1.165, 1.54) is 24.3 Å². The number of anilines is 1. The summed E-state index contributed by atoms with van der Waals surface area (Å²) in [5, 5.41) is 3.21. The van der Waals surface area contributed by atoms with Gasteiger partial charge in [0.25, 0.3) is 0 Å². The number of hydrogen-bond donors (Lipinski definition) is 2.